The zero-order chi connectivity index (χ0) is 11.8. The molecule has 0 amide bonds. The van der Waals surface area contributed by atoms with Crippen molar-refractivity contribution in [3.63, 3.8) is 0 Å². The van der Waals surface area contributed by atoms with Gasteiger partial charge < -0.3 is 10.3 Å². The second kappa shape index (κ2) is 3.90. The van der Waals surface area contributed by atoms with Crippen molar-refractivity contribution in [2.24, 2.45) is 5.92 Å². The van der Waals surface area contributed by atoms with Crippen molar-refractivity contribution in [2.45, 2.75) is 19.4 Å². The second-order valence-electron chi connectivity index (χ2n) is 4.80. The van der Waals surface area contributed by atoms with Crippen LogP contribution in [0.25, 0.3) is 11.0 Å². The molecule has 2 atom stereocenters. The van der Waals surface area contributed by atoms with Crippen LogP contribution < -0.4 is 5.32 Å². The lowest BCUT2D eigenvalue weighted by molar-refractivity contribution is 0.589. The Bertz CT molecular complexity index is 591. The van der Waals surface area contributed by atoms with Gasteiger partial charge in [-0.2, -0.15) is 0 Å². The molecule has 0 radical (unpaired) electrons. The normalized spacial score (nSPS) is 24.0. The molecule has 1 fully saturated rings. The van der Waals surface area contributed by atoms with E-state index in [9.17, 15) is 0 Å². The summed E-state index contributed by atoms with van der Waals surface area (Å²) in [5.74, 6) is 4.39. The van der Waals surface area contributed by atoms with Crippen LogP contribution in [0.3, 0.4) is 0 Å². The van der Waals surface area contributed by atoms with Gasteiger partial charge in [-0.25, -0.2) is 4.98 Å². The van der Waals surface area contributed by atoms with E-state index in [1.54, 1.807) is 0 Å². The Kier molecular flexibility index (Phi) is 2.38. The van der Waals surface area contributed by atoms with Crippen LogP contribution in [0.5, 0.6) is 0 Å². The van der Waals surface area contributed by atoms with Crippen LogP contribution >= 0.6 is 0 Å². The number of H-pyrrole nitrogens is 1. The molecule has 2 aromatic rings. The number of aromatic amines is 1. The average Bonchev–Trinajstić information content (AvgIpc) is 2.93. The summed E-state index contributed by atoms with van der Waals surface area (Å²) in [5.41, 5.74) is 2.90. The summed E-state index contributed by atoms with van der Waals surface area (Å²) >= 11 is 0. The Labute approximate surface area is 101 Å². The van der Waals surface area contributed by atoms with Gasteiger partial charge in [-0.15, -0.1) is 6.42 Å². The van der Waals surface area contributed by atoms with Gasteiger partial charge in [0.15, 0.2) is 0 Å². The highest BCUT2D eigenvalue weighted by atomic mass is 15.0. The number of hydrogen-bond donors (Lipinski definition) is 2. The van der Waals surface area contributed by atoms with Crippen LogP contribution in [0.15, 0.2) is 18.2 Å². The van der Waals surface area contributed by atoms with E-state index in [-0.39, 0.29) is 0 Å². The molecule has 3 rings (SSSR count). The van der Waals surface area contributed by atoms with Gasteiger partial charge in [0.1, 0.15) is 5.82 Å². The molecule has 2 heterocycles. The SMILES string of the molecule is C#Cc1ccc2nc(C3CC(C)CN3)[nH]c2c1. The minimum atomic E-state index is 0.353. The summed E-state index contributed by atoms with van der Waals surface area (Å²) in [5, 5.41) is 3.48. The Hall–Kier alpha value is -1.79. The van der Waals surface area contributed by atoms with E-state index in [1.807, 2.05) is 18.2 Å². The Morgan fingerprint density at radius 1 is 1.47 bits per heavy atom. The quantitative estimate of drug-likeness (QED) is 0.731. The fraction of sp³-hybridized carbons (Fsp3) is 0.357. The van der Waals surface area contributed by atoms with Gasteiger partial charge in [0.25, 0.3) is 0 Å². The lowest BCUT2D eigenvalue weighted by atomic mass is 10.1. The summed E-state index contributed by atoms with van der Waals surface area (Å²) in [6.45, 7) is 3.32. The van der Waals surface area contributed by atoms with E-state index in [1.165, 1.54) is 0 Å². The number of fused-ring (bicyclic) bond motifs is 1. The maximum absolute atomic E-state index is 5.39. The van der Waals surface area contributed by atoms with Crippen molar-refractivity contribution in [1.82, 2.24) is 15.3 Å². The summed E-state index contributed by atoms with van der Waals surface area (Å²) in [7, 11) is 0. The first-order chi connectivity index (χ1) is 8.26. The maximum atomic E-state index is 5.39. The first kappa shape index (κ1) is 10.4. The molecule has 1 aliphatic heterocycles. The summed E-state index contributed by atoms with van der Waals surface area (Å²) < 4.78 is 0. The van der Waals surface area contributed by atoms with Gasteiger partial charge in [0.2, 0.25) is 0 Å². The fourth-order valence-electron chi connectivity index (χ4n) is 2.40. The molecule has 0 aliphatic carbocycles. The molecular weight excluding hydrogens is 210 g/mol. The fourth-order valence-corrected chi connectivity index (χ4v) is 2.40. The van der Waals surface area contributed by atoms with Crippen LogP contribution in [0.4, 0.5) is 0 Å². The highest BCUT2D eigenvalue weighted by molar-refractivity contribution is 5.77. The summed E-state index contributed by atoms with van der Waals surface area (Å²) in [4.78, 5) is 7.98. The minimum absolute atomic E-state index is 0.353. The average molecular weight is 225 g/mol. The predicted molar refractivity (Wildman–Crippen MR) is 68.6 cm³/mol. The number of aromatic nitrogens is 2. The molecule has 1 aromatic carbocycles. The van der Waals surface area contributed by atoms with E-state index in [0.717, 1.165) is 41.3 Å². The predicted octanol–water partition coefficient (Wildman–Crippen LogP) is 2.21. The largest absolute Gasteiger partial charge is 0.341 e. The molecule has 2 N–H and O–H groups in total. The van der Waals surface area contributed by atoms with Crippen LogP contribution in [-0.2, 0) is 0 Å². The molecule has 3 nitrogen and oxygen atoms in total. The van der Waals surface area contributed by atoms with Crippen molar-refractivity contribution in [2.75, 3.05) is 6.54 Å². The van der Waals surface area contributed by atoms with Crippen molar-refractivity contribution in [1.29, 1.82) is 0 Å². The van der Waals surface area contributed by atoms with E-state index in [0.29, 0.717) is 6.04 Å². The number of terminal acetylenes is 1. The van der Waals surface area contributed by atoms with Crippen LogP contribution in [0.1, 0.15) is 30.8 Å². The number of hydrogen-bond acceptors (Lipinski definition) is 2. The molecule has 0 saturated carbocycles. The van der Waals surface area contributed by atoms with Gasteiger partial charge in [-0.3, -0.25) is 0 Å². The standard InChI is InChI=1S/C14H15N3/c1-3-10-4-5-11-12(7-10)17-14(16-11)13-6-9(2)8-15-13/h1,4-5,7,9,13,15H,6,8H2,2H3,(H,16,17). The minimum Gasteiger partial charge on any atom is -0.341 e. The molecule has 3 heteroatoms. The number of nitrogens with zero attached hydrogens (tertiary/aromatic N) is 1. The number of rotatable bonds is 1. The van der Waals surface area contributed by atoms with E-state index in [4.69, 9.17) is 6.42 Å². The Morgan fingerprint density at radius 2 is 2.35 bits per heavy atom. The zero-order valence-corrected chi connectivity index (χ0v) is 9.83. The van der Waals surface area contributed by atoms with E-state index < -0.39 is 0 Å². The van der Waals surface area contributed by atoms with Crippen molar-refractivity contribution in [3.05, 3.63) is 29.6 Å². The van der Waals surface area contributed by atoms with Crippen LogP contribution in [-0.4, -0.2) is 16.5 Å². The van der Waals surface area contributed by atoms with Gasteiger partial charge in [-0.1, -0.05) is 12.8 Å². The third-order valence-electron chi connectivity index (χ3n) is 3.35. The van der Waals surface area contributed by atoms with Gasteiger partial charge in [0, 0.05) is 5.56 Å². The third kappa shape index (κ3) is 1.81. The molecule has 1 saturated heterocycles. The van der Waals surface area contributed by atoms with Crippen molar-refractivity contribution >= 4 is 11.0 Å². The van der Waals surface area contributed by atoms with Crippen molar-refractivity contribution < 1.29 is 0 Å². The Balaban J connectivity index is 1.99. The van der Waals surface area contributed by atoms with Gasteiger partial charge in [-0.05, 0) is 37.1 Å². The monoisotopic (exact) mass is 225 g/mol. The van der Waals surface area contributed by atoms with E-state index >= 15 is 0 Å². The van der Waals surface area contributed by atoms with Gasteiger partial charge >= 0.3 is 0 Å². The lowest BCUT2D eigenvalue weighted by Crippen LogP contribution is -2.14. The molecule has 1 aliphatic rings. The molecule has 0 spiro atoms. The third-order valence-corrected chi connectivity index (χ3v) is 3.35. The first-order valence-corrected chi connectivity index (χ1v) is 5.96. The summed E-state index contributed by atoms with van der Waals surface area (Å²) in [6, 6.07) is 6.23. The highest BCUT2D eigenvalue weighted by Crippen LogP contribution is 2.26. The zero-order valence-electron chi connectivity index (χ0n) is 9.83. The van der Waals surface area contributed by atoms with Crippen LogP contribution in [0.2, 0.25) is 0 Å². The smallest absolute Gasteiger partial charge is 0.124 e. The van der Waals surface area contributed by atoms with Gasteiger partial charge in [0.05, 0.1) is 17.1 Å². The maximum Gasteiger partial charge on any atom is 0.124 e. The molecule has 0 bridgehead atoms. The molecule has 2 unspecified atom stereocenters. The molecular formula is C14H15N3. The topological polar surface area (TPSA) is 40.7 Å². The lowest BCUT2D eigenvalue weighted by Gasteiger charge is -2.04. The Morgan fingerprint density at radius 3 is 3.06 bits per heavy atom. The number of nitrogens with one attached hydrogen (secondary N) is 2. The highest BCUT2D eigenvalue weighted by Gasteiger charge is 2.24. The van der Waals surface area contributed by atoms with Crippen molar-refractivity contribution in [3.8, 4) is 12.3 Å². The molecule has 17 heavy (non-hydrogen) atoms. The first-order valence-electron chi connectivity index (χ1n) is 5.96. The summed E-state index contributed by atoms with van der Waals surface area (Å²) in [6.07, 6.45) is 6.53. The second-order valence-corrected chi connectivity index (χ2v) is 4.80. The number of imidazole rings is 1. The van der Waals surface area contributed by atoms with E-state index in [2.05, 4.69) is 28.1 Å². The molecule has 86 valence electrons. The van der Waals surface area contributed by atoms with Crippen LogP contribution in [0, 0.1) is 18.3 Å². The molecule has 1 aromatic heterocycles. The number of benzene rings is 1.